The topological polar surface area (TPSA) is 87.1 Å². The molecule has 1 fully saturated rings. The second-order valence-electron chi connectivity index (χ2n) is 6.64. The van der Waals surface area contributed by atoms with Gasteiger partial charge in [0.2, 0.25) is 0 Å². The van der Waals surface area contributed by atoms with Gasteiger partial charge in [0.05, 0.1) is 12.4 Å². The molecule has 8 nitrogen and oxygen atoms in total. The van der Waals surface area contributed by atoms with Crippen LogP contribution in [0, 0.1) is 5.92 Å². The number of rotatable bonds is 5. The van der Waals surface area contributed by atoms with E-state index in [1.807, 2.05) is 11.6 Å². The van der Waals surface area contributed by atoms with Crippen molar-refractivity contribution < 1.29 is 8.42 Å². The third-order valence-corrected chi connectivity index (χ3v) is 5.99. The van der Waals surface area contributed by atoms with E-state index in [2.05, 4.69) is 33.7 Å². The first kappa shape index (κ1) is 17.1. The van der Waals surface area contributed by atoms with Crippen LogP contribution in [0.2, 0.25) is 0 Å². The lowest BCUT2D eigenvalue weighted by Gasteiger charge is -2.37. The Balaban J connectivity index is 1.80. The summed E-state index contributed by atoms with van der Waals surface area (Å²) in [6.07, 6.45) is 6.65. The molecule has 0 saturated carbocycles. The number of H-pyrrole nitrogens is 1. The van der Waals surface area contributed by atoms with Crippen molar-refractivity contribution in [3.8, 4) is 0 Å². The predicted molar refractivity (Wildman–Crippen MR) is 89.8 cm³/mol. The number of sulfonamides is 1. The van der Waals surface area contributed by atoms with E-state index in [-0.39, 0.29) is 11.1 Å². The molecule has 24 heavy (non-hydrogen) atoms. The third kappa shape index (κ3) is 3.38. The highest BCUT2D eigenvalue weighted by molar-refractivity contribution is 7.89. The van der Waals surface area contributed by atoms with E-state index in [0.717, 1.165) is 12.4 Å². The predicted octanol–water partition coefficient (Wildman–Crippen LogP) is 0.940. The van der Waals surface area contributed by atoms with E-state index < -0.39 is 10.0 Å². The lowest BCUT2D eigenvalue weighted by atomic mass is 10.2. The van der Waals surface area contributed by atoms with Crippen molar-refractivity contribution in [1.29, 1.82) is 0 Å². The van der Waals surface area contributed by atoms with Gasteiger partial charge in [-0.3, -0.25) is 4.90 Å². The summed E-state index contributed by atoms with van der Waals surface area (Å²) in [4.78, 5) is 13.6. The van der Waals surface area contributed by atoms with Gasteiger partial charge in [0.15, 0.2) is 5.03 Å². The number of nitrogens with zero attached hydrogens (tertiary/aromatic N) is 5. The number of likely N-dealkylation sites (N-methyl/N-ethyl adjacent to an activating group) is 1. The Bertz CT molecular complexity index is 768. The molecule has 2 aromatic heterocycles. The van der Waals surface area contributed by atoms with Gasteiger partial charge in [-0.1, -0.05) is 13.8 Å². The number of aromatic nitrogens is 4. The molecule has 3 heterocycles. The molecule has 1 aliphatic rings. The van der Waals surface area contributed by atoms with Gasteiger partial charge in [-0.2, -0.15) is 4.31 Å². The first-order valence-corrected chi connectivity index (χ1v) is 9.53. The fourth-order valence-corrected chi connectivity index (χ4v) is 4.32. The summed E-state index contributed by atoms with van der Waals surface area (Å²) < 4.78 is 29.2. The van der Waals surface area contributed by atoms with Crippen molar-refractivity contribution in [3.63, 3.8) is 0 Å². The van der Waals surface area contributed by atoms with Crippen molar-refractivity contribution >= 4 is 10.0 Å². The van der Waals surface area contributed by atoms with E-state index in [1.165, 1.54) is 4.31 Å². The van der Waals surface area contributed by atoms with E-state index in [4.69, 9.17) is 0 Å². The van der Waals surface area contributed by atoms with E-state index in [1.54, 1.807) is 24.9 Å². The zero-order valence-corrected chi connectivity index (χ0v) is 15.1. The molecule has 2 aromatic rings. The molecule has 0 radical (unpaired) electrons. The normalized spacial score (nSPS) is 20.8. The average Bonchev–Trinajstić information content (AvgIpc) is 3.18. The molecule has 1 saturated heterocycles. The van der Waals surface area contributed by atoms with Crippen LogP contribution in [0.15, 0.2) is 29.9 Å². The van der Waals surface area contributed by atoms with Gasteiger partial charge in [0.25, 0.3) is 10.0 Å². The highest BCUT2D eigenvalue weighted by atomic mass is 32.2. The zero-order chi connectivity index (χ0) is 17.3. The van der Waals surface area contributed by atoms with Crippen LogP contribution in [0.5, 0.6) is 0 Å². The first-order valence-electron chi connectivity index (χ1n) is 8.09. The Hall–Kier alpha value is -1.71. The van der Waals surface area contributed by atoms with Crippen LogP contribution in [0.1, 0.15) is 25.7 Å². The molecule has 3 rings (SSSR count). The molecule has 1 N–H and O–H groups in total. The molecule has 1 aliphatic heterocycles. The third-order valence-electron chi connectivity index (χ3n) is 4.24. The minimum absolute atomic E-state index is 0.0822. The average molecular weight is 352 g/mol. The molecule has 0 aromatic carbocycles. The monoisotopic (exact) mass is 352 g/mol. The molecular weight excluding hydrogens is 328 g/mol. The molecule has 1 atom stereocenters. The fraction of sp³-hybridized carbons (Fsp3) is 0.600. The number of hydrogen-bond donors (Lipinski definition) is 1. The van der Waals surface area contributed by atoms with Gasteiger partial charge in [-0.05, 0) is 13.0 Å². The molecule has 132 valence electrons. The van der Waals surface area contributed by atoms with Crippen LogP contribution < -0.4 is 0 Å². The maximum atomic E-state index is 12.9. The molecule has 0 bridgehead atoms. The summed E-state index contributed by atoms with van der Waals surface area (Å²) in [7, 11) is -1.61. The van der Waals surface area contributed by atoms with Crippen molar-refractivity contribution in [2.45, 2.75) is 31.5 Å². The van der Waals surface area contributed by atoms with Crippen LogP contribution >= 0.6 is 0 Å². The summed E-state index contributed by atoms with van der Waals surface area (Å²) in [5, 5.41) is 0.117. The Kier molecular flexibility index (Phi) is 4.75. The van der Waals surface area contributed by atoms with E-state index in [0.29, 0.717) is 25.6 Å². The summed E-state index contributed by atoms with van der Waals surface area (Å²) in [6, 6.07) is -0.0822. The lowest BCUT2D eigenvalue weighted by Crippen LogP contribution is -2.49. The number of hydrogen-bond acceptors (Lipinski definition) is 5. The second kappa shape index (κ2) is 6.66. The Morgan fingerprint density at radius 2 is 2.12 bits per heavy atom. The van der Waals surface area contributed by atoms with Crippen LogP contribution in [0.25, 0.3) is 0 Å². The lowest BCUT2D eigenvalue weighted by molar-refractivity contribution is 0.142. The van der Waals surface area contributed by atoms with Crippen LogP contribution in [-0.4, -0.2) is 63.8 Å². The highest BCUT2D eigenvalue weighted by Gasteiger charge is 2.35. The molecular formula is C15H24N6O2S. The molecule has 9 heteroatoms. The first-order chi connectivity index (χ1) is 11.4. The minimum Gasteiger partial charge on any atom is -0.347 e. The van der Waals surface area contributed by atoms with E-state index >= 15 is 0 Å². The van der Waals surface area contributed by atoms with Crippen molar-refractivity contribution in [1.82, 2.24) is 28.7 Å². The van der Waals surface area contributed by atoms with Gasteiger partial charge < -0.3 is 9.55 Å². The summed E-state index contributed by atoms with van der Waals surface area (Å²) in [6.45, 7) is 6.39. The fourth-order valence-electron chi connectivity index (χ4n) is 2.95. The van der Waals surface area contributed by atoms with Crippen LogP contribution in [0.3, 0.4) is 0 Å². The highest BCUT2D eigenvalue weighted by Crippen LogP contribution is 2.25. The summed E-state index contributed by atoms with van der Waals surface area (Å²) in [5.74, 6) is 1.21. The maximum Gasteiger partial charge on any atom is 0.262 e. The standard InChI is InChI=1S/C15H24N6O2S/c1-12(2)8-20-10-14(18-11-20)24(22,23)21-7-6-19(3)13(9-21)15-16-4-5-17-15/h4-5,10-13H,6-9H2,1-3H3,(H,16,17). The largest absolute Gasteiger partial charge is 0.347 e. The molecule has 0 spiro atoms. The van der Waals surface area contributed by atoms with Gasteiger partial charge in [0.1, 0.15) is 5.82 Å². The van der Waals surface area contributed by atoms with Gasteiger partial charge in [0, 0.05) is 44.8 Å². The Morgan fingerprint density at radius 1 is 1.33 bits per heavy atom. The Labute approximate surface area is 142 Å². The molecule has 0 aliphatic carbocycles. The number of piperazine rings is 1. The minimum atomic E-state index is -3.59. The summed E-state index contributed by atoms with van der Waals surface area (Å²) >= 11 is 0. The second-order valence-corrected chi connectivity index (χ2v) is 8.52. The zero-order valence-electron chi connectivity index (χ0n) is 14.3. The molecule has 1 unspecified atom stereocenters. The van der Waals surface area contributed by atoms with Crippen molar-refractivity contribution in [2.75, 3.05) is 26.7 Å². The quantitative estimate of drug-likeness (QED) is 0.865. The van der Waals surface area contributed by atoms with Gasteiger partial charge in [-0.25, -0.2) is 18.4 Å². The Morgan fingerprint density at radius 3 is 2.79 bits per heavy atom. The van der Waals surface area contributed by atoms with Crippen molar-refractivity contribution in [2.24, 2.45) is 5.92 Å². The number of nitrogens with one attached hydrogen (secondary N) is 1. The molecule has 0 amide bonds. The number of aromatic amines is 1. The van der Waals surface area contributed by atoms with Gasteiger partial charge in [-0.15, -0.1) is 0 Å². The number of imidazole rings is 2. The SMILES string of the molecule is CC(C)Cn1cnc(S(=O)(=O)N2CCN(C)C(c3ncc[nH]3)C2)c1. The van der Waals surface area contributed by atoms with Crippen molar-refractivity contribution in [3.05, 3.63) is 30.7 Å². The van der Waals surface area contributed by atoms with Crippen LogP contribution in [-0.2, 0) is 16.6 Å². The van der Waals surface area contributed by atoms with Gasteiger partial charge >= 0.3 is 0 Å². The van der Waals surface area contributed by atoms with E-state index in [9.17, 15) is 8.42 Å². The maximum absolute atomic E-state index is 12.9. The smallest absolute Gasteiger partial charge is 0.262 e. The summed E-state index contributed by atoms with van der Waals surface area (Å²) in [5.41, 5.74) is 0. The van der Waals surface area contributed by atoms with Crippen LogP contribution in [0.4, 0.5) is 0 Å².